The molecular weight excluding hydrogens is 178 g/mol. The van der Waals surface area contributed by atoms with Crippen LogP contribution in [0, 0.1) is 6.92 Å². The van der Waals surface area contributed by atoms with Crippen LogP contribution in [0.1, 0.15) is 11.5 Å². The molecule has 0 aliphatic rings. The molecule has 0 bridgehead atoms. The van der Waals surface area contributed by atoms with E-state index in [1.165, 1.54) is 0 Å². The van der Waals surface area contributed by atoms with E-state index in [1.54, 1.807) is 10.9 Å². The maximum atomic E-state index is 5.64. The average molecular weight is 191 g/mol. The molecule has 2 aromatic rings. The fraction of sp³-hybridized carbons (Fsp3) is 0.300. The summed E-state index contributed by atoms with van der Waals surface area (Å²) >= 11 is 0. The Bertz CT molecular complexity index is 442. The molecule has 2 rings (SSSR count). The van der Waals surface area contributed by atoms with Gasteiger partial charge in [0, 0.05) is 13.6 Å². The summed E-state index contributed by atoms with van der Waals surface area (Å²) in [5.41, 5.74) is 7.60. The van der Waals surface area contributed by atoms with E-state index in [4.69, 9.17) is 10.2 Å². The van der Waals surface area contributed by atoms with Gasteiger partial charge in [-0.1, -0.05) is 0 Å². The summed E-state index contributed by atoms with van der Waals surface area (Å²) in [6, 6.07) is 3.87. The topological polar surface area (TPSA) is 57.0 Å². The van der Waals surface area contributed by atoms with Gasteiger partial charge in [0.05, 0.1) is 17.5 Å². The van der Waals surface area contributed by atoms with E-state index in [0.717, 1.165) is 22.8 Å². The van der Waals surface area contributed by atoms with E-state index in [2.05, 4.69) is 5.10 Å². The SMILES string of the molecule is Cc1ccc(-c2cnn(C)c2CN)o1. The van der Waals surface area contributed by atoms with Crippen molar-refractivity contribution in [2.45, 2.75) is 13.5 Å². The molecule has 0 unspecified atom stereocenters. The first-order valence-corrected chi connectivity index (χ1v) is 4.50. The van der Waals surface area contributed by atoms with Crippen molar-refractivity contribution in [3.63, 3.8) is 0 Å². The molecule has 0 amide bonds. The Balaban J connectivity index is 2.51. The summed E-state index contributed by atoms with van der Waals surface area (Å²) < 4.78 is 7.29. The van der Waals surface area contributed by atoms with Crippen LogP contribution in [-0.4, -0.2) is 9.78 Å². The molecule has 14 heavy (non-hydrogen) atoms. The molecule has 0 saturated heterocycles. The van der Waals surface area contributed by atoms with Gasteiger partial charge in [-0.3, -0.25) is 4.68 Å². The molecule has 74 valence electrons. The zero-order chi connectivity index (χ0) is 10.1. The lowest BCUT2D eigenvalue weighted by molar-refractivity contribution is 0.547. The predicted molar refractivity (Wildman–Crippen MR) is 53.5 cm³/mol. The molecule has 0 atom stereocenters. The van der Waals surface area contributed by atoms with Crippen molar-refractivity contribution in [2.24, 2.45) is 12.8 Å². The molecular formula is C10H13N3O. The number of rotatable bonds is 2. The van der Waals surface area contributed by atoms with E-state index >= 15 is 0 Å². The summed E-state index contributed by atoms with van der Waals surface area (Å²) in [4.78, 5) is 0. The lowest BCUT2D eigenvalue weighted by Gasteiger charge is -1.99. The Labute approximate surface area is 82.3 Å². The zero-order valence-corrected chi connectivity index (χ0v) is 8.32. The minimum atomic E-state index is 0.464. The lowest BCUT2D eigenvalue weighted by atomic mass is 10.2. The molecule has 0 aromatic carbocycles. The Morgan fingerprint density at radius 1 is 1.50 bits per heavy atom. The fourth-order valence-corrected chi connectivity index (χ4v) is 1.49. The van der Waals surface area contributed by atoms with Gasteiger partial charge in [0.1, 0.15) is 11.5 Å². The highest BCUT2D eigenvalue weighted by Crippen LogP contribution is 2.24. The van der Waals surface area contributed by atoms with E-state index in [9.17, 15) is 0 Å². The average Bonchev–Trinajstić information content (AvgIpc) is 2.71. The summed E-state index contributed by atoms with van der Waals surface area (Å²) in [5.74, 6) is 1.72. The van der Waals surface area contributed by atoms with Crippen LogP contribution in [0.3, 0.4) is 0 Å². The standard InChI is InChI=1S/C10H13N3O/c1-7-3-4-10(14-7)8-6-12-13(2)9(8)5-11/h3-4,6H,5,11H2,1-2H3. The van der Waals surface area contributed by atoms with E-state index in [-0.39, 0.29) is 0 Å². The van der Waals surface area contributed by atoms with Gasteiger partial charge >= 0.3 is 0 Å². The maximum absolute atomic E-state index is 5.64. The second-order valence-electron chi connectivity index (χ2n) is 3.24. The minimum absolute atomic E-state index is 0.464. The highest BCUT2D eigenvalue weighted by molar-refractivity contribution is 5.59. The maximum Gasteiger partial charge on any atom is 0.137 e. The van der Waals surface area contributed by atoms with E-state index in [1.807, 2.05) is 26.1 Å². The number of nitrogens with two attached hydrogens (primary N) is 1. The first kappa shape index (κ1) is 9.02. The third kappa shape index (κ3) is 1.33. The van der Waals surface area contributed by atoms with Crippen molar-refractivity contribution < 1.29 is 4.42 Å². The van der Waals surface area contributed by atoms with Gasteiger partial charge in [-0.05, 0) is 19.1 Å². The molecule has 2 aromatic heterocycles. The second kappa shape index (κ2) is 3.31. The van der Waals surface area contributed by atoms with E-state index in [0.29, 0.717) is 6.54 Å². The van der Waals surface area contributed by atoms with Crippen LogP contribution < -0.4 is 5.73 Å². The minimum Gasteiger partial charge on any atom is -0.461 e. The first-order valence-electron chi connectivity index (χ1n) is 4.50. The summed E-state index contributed by atoms with van der Waals surface area (Å²) in [6.07, 6.45) is 1.78. The number of aryl methyl sites for hydroxylation is 2. The van der Waals surface area contributed by atoms with E-state index < -0.39 is 0 Å². The number of aromatic nitrogens is 2. The van der Waals surface area contributed by atoms with Gasteiger partial charge in [-0.25, -0.2) is 0 Å². The number of hydrogen-bond acceptors (Lipinski definition) is 3. The van der Waals surface area contributed by atoms with Gasteiger partial charge in [-0.2, -0.15) is 5.10 Å². The van der Waals surface area contributed by atoms with Gasteiger partial charge in [0.15, 0.2) is 0 Å². The molecule has 2 N–H and O–H groups in total. The van der Waals surface area contributed by atoms with Gasteiger partial charge in [0.25, 0.3) is 0 Å². The third-order valence-corrected chi connectivity index (χ3v) is 2.26. The monoisotopic (exact) mass is 191 g/mol. The first-order chi connectivity index (χ1) is 6.72. The molecule has 0 aliphatic carbocycles. The van der Waals surface area contributed by atoms with Crippen LogP contribution in [0.5, 0.6) is 0 Å². The number of hydrogen-bond donors (Lipinski definition) is 1. The van der Waals surface area contributed by atoms with Gasteiger partial charge in [0.2, 0.25) is 0 Å². The van der Waals surface area contributed by atoms with Crippen LogP contribution in [0.4, 0.5) is 0 Å². The Hall–Kier alpha value is -1.55. The Morgan fingerprint density at radius 3 is 2.86 bits per heavy atom. The van der Waals surface area contributed by atoms with Gasteiger partial charge in [-0.15, -0.1) is 0 Å². The van der Waals surface area contributed by atoms with Crippen LogP contribution in [-0.2, 0) is 13.6 Å². The molecule has 0 fully saturated rings. The molecule has 0 spiro atoms. The summed E-state index contributed by atoms with van der Waals surface area (Å²) in [6.45, 7) is 2.38. The summed E-state index contributed by atoms with van der Waals surface area (Å²) in [5, 5.41) is 4.15. The smallest absolute Gasteiger partial charge is 0.137 e. The second-order valence-corrected chi connectivity index (χ2v) is 3.24. The van der Waals surface area contributed by atoms with Crippen LogP contribution >= 0.6 is 0 Å². The predicted octanol–water partition coefficient (Wildman–Crippen LogP) is 1.45. The largest absolute Gasteiger partial charge is 0.461 e. The summed E-state index contributed by atoms with van der Waals surface area (Å²) in [7, 11) is 1.88. The quantitative estimate of drug-likeness (QED) is 0.781. The molecule has 0 saturated carbocycles. The molecule has 2 heterocycles. The van der Waals surface area contributed by atoms with Crippen LogP contribution in [0.2, 0.25) is 0 Å². The van der Waals surface area contributed by atoms with Crippen molar-refractivity contribution in [3.8, 4) is 11.3 Å². The lowest BCUT2D eigenvalue weighted by Crippen LogP contribution is -2.05. The molecule has 4 nitrogen and oxygen atoms in total. The van der Waals surface area contributed by atoms with Crippen LogP contribution in [0.15, 0.2) is 22.7 Å². The van der Waals surface area contributed by atoms with Gasteiger partial charge < -0.3 is 10.2 Å². The van der Waals surface area contributed by atoms with Crippen molar-refractivity contribution in [1.82, 2.24) is 9.78 Å². The third-order valence-electron chi connectivity index (χ3n) is 2.26. The van der Waals surface area contributed by atoms with Crippen molar-refractivity contribution in [2.75, 3.05) is 0 Å². The highest BCUT2D eigenvalue weighted by atomic mass is 16.3. The molecule has 0 radical (unpaired) electrons. The molecule has 4 heteroatoms. The number of furan rings is 1. The fourth-order valence-electron chi connectivity index (χ4n) is 1.49. The molecule has 0 aliphatic heterocycles. The normalized spacial score (nSPS) is 10.8. The highest BCUT2D eigenvalue weighted by Gasteiger charge is 2.11. The van der Waals surface area contributed by atoms with Crippen molar-refractivity contribution in [3.05, 3.63) is 29.8 Å². The Kier molecular flexibility index (Phi) is 2.13. The van der Waals surface area contributed by atoms with Crippen LogP contribution in [0.25, 0.3) is 11.3 Å². The Morgan fingerprint density at radius 2 is 2.29 bits per heavy atom. The zero-order valence-electron chi connectivity index (χ0n) is 8.32. The van der Waals surface area contributed by atoms with Crippen molar-refractivity contribution >= 4 is 0 Å². The van der Waals surface area contributed by atoms with Crippen molar-refractivity contribution in [1.29, 1.82) is 0 Å². The number of nitrogens with zero attached hydrogens (tertiary/aromatic N) is 2.